The number of ether oxygens (including phenoxy) is 1. The van der Waals surface area contributed by atoms with Gasteiger partial charge in [-0.3, -0.25) is 4.98 Å². The molecule has 2 aromatic heterocycles. The van der Waals surface area contributed by atoms with Crippen LogP contribution < -0.4 is 9.64 Å². The van der Waals surface area contributed by atoms with Gasteiger partial charge in [-0.25, -0.2) is 15.0 Å². The Labute approximate surface area is 124 Å². The van der Waals surface area contributed by atoms with E-state index in [0.29, 0.717) is 6.01 Å². The summed E-state index contributed by atoms with van der Waals surface area (Å²) in [7, 11) is 0. The molecule has 6 heteroatoms. The van der Waals surface area contributed by atoms with E-state index in [2.05, 4.69) is 31.8 Å². The van der Waals surface area contributed by atoms with Crippen LogP contribution in [0.1, 0.15) is 25.3 Å². The Bertz CT molecular complexity index is 552. The standard InChI is InChI=1S/C15H19N5O/c1-2-12-9-18-15(19-10-12)21-13-3-7-20(8-4-13)14-11-16-5-6-17-14/h5-6,9-11,13H,2-4,7-8H2,1H3. The second-order valence-electron chi connectivity index (χ2n) is 5.10. The molecule has 1 fully saturated rings. The van der Waals surface area contributed by atoms with E-state index in [9.17, 15) is 0 Å². The van der Waals surface area contributed by atoms with E-state index < -0.39 is 0 Å². The summed E-state index contributed by atoms with van der Waals surface area (Å²) >= 11 is 0. The molecule has 0 saturated carbocycles. The van der Waals surface area contributed by atoms with Crippen LogP contribution in [0.4, 0.5) is 5.82 Å². The second kappa shape index (κ2) is 6.47. The third kappa shape index (κ3) is 3.45. The van der Waals surface area contributed by atoms with Gasteiger partial charge in [-0.2, -0.15) is 0 Å². The molecule has 110 valence electrons. The summed E-state index contributed by atoms with van der Waals surface area (Å²) in [6, 6.07) is 0.477. The molecule has 3 heterocycles. The molecule has 0 aromatic carbocycles. The molecule has 0 unspecified atom stereocenters. The molecule has 0 amide bonds. The van der Waals surface area contributed by atoms with Crippen molar-refractivity contribution in [1.29, 1.82) is 0 Å². The number of hydrogen-bond donors (Lipinski definition) is 0. The number of hydrogen-bond acceptors (Lipinski definition) is 6. The number of anilines is 1. The van der Waals surface area contributed by atoms with Gasteiger partial charge >= 0.3 is 6.01 Å². The Morgan fingerprint density at radius 3 is 2.48 bits per heavy atom. The lowest BCUT2D eigenvalue weighted by Gasteiger charge is -2.32. The van der Waals surface area contributed by atoms with E-state index in [0.717, 1.165) is 43.7 Å². The molecule has 3 rings (SSSR count). The Kier molecular flexibility index (Phi) is 4.23. The van der Waals surface area contributed by atoms with Crippen molar-refractivity contribution < 1.29 is 4.74 Å². The number of aromatic nitrogens is 4. The first-order valence-electron chi connectivity index (χ1n) is 7.33. The fraction of sp³-hybridized carbons (Fsp3) is 0.467. The van der Waals surface area contributed by atoms with Gasteiger partial charge in [0.05, 0.1) is 6.20 Å². The van der Waals surface area contributed by atoms with Crippen molar-refractivity contribution in [2.24, 2.45) is 0 Å². The van der Waals surface area contributed by atoms with Gasteiger partial charge < -0.3 is 9.64 Å². The Hall–Kier alpha value is -2.24. The summed E-state index contributed by atoms with van der Waals surface area (Å²) in [5.74, 6) is 0.930. The van der Waals surface area contributed by atoms with Gasteiger partial charge in [0.1, 0.15) is 11.9 Å². The molecule has 0 atom stereocenters. The smallest absolute Gasteiger partial charge is 0.316 e. The van der Waals surface area contributed by atoms with Crippen molar-refractivity contribution in [1.82, 2.24) is 19.9 Å². The van der Waals surface area contributed by atoms with Gasteiger partial charge in [-0.1, -0.05) is 6.92 Å². The van der Waals surface area contributed by atoms with E-state index in [1.165, 1.54) is 0 Å². The van der Waals surface area contributed by atoms with Gasteiger partial charge in [0, 0.05) is 50.7 Å². The summed E-state index contributed by atoms with van der Waals surface area (Å²) in [4.78, 5) is 19.2. The Morgan fingerprint density at radius 2 is 1.86 bits per heavy atom. The fourth-order valence-electron chi connectivity index (χ4n) is 2.39. The van der Waals surface area contributed by atoms with Crippen LogP contribution in [0.2, 0.25) is 0 Å². The van der Waals surface area contributed by atoms with Gasteiger partial charge in [-0.15, -0.1) is 0 Å². The van der Waals surface area contributed by atoms with Crippen LogP contribution in [0, 0.1) is 0 Å². The average molecular weight is 285 g/mol. The highest BCUT2D eigenvalue weighted by atomic mass is 16.5. The molecule has 0 radical (unpaired) electrons. The molecule has 0 spiro atoms. The van der Waals surface area contributed by atoms with Crippen LogP contribution >= 0.6 is 0 Å². The number of piperidine rings is 1. The quantitative estimate of drug-likeness (QED) is 0.854. The van der Waals surface area contributed by atoms with Crippen molar-refractivity contribution >= 4 is 5.82 Å². The van der Waals surface area contributed by atoms with E-state index >= 15 is 0 Å². The third-order valence-corrected chi connectivity index (χ3v) is 3.68. The van der Waals surface area contributed by atoms with Crippen molar-refractivity contribution in [2.45, 2.75) is 32.3 Å². The minimum absolute atomic E-state index is 0.172. The van der Waals surface area contributed by atoms with Crippen LogP contribution in [-0.2, 0) is 6.42 Å². The lowest BCUT2D eigenvalue weighted by atomic mass is 10.1. The van der Waals surface area contributed by atoms with Gasteiger partial charge in [0.15, 0.2) is 0 Å². The highest BCUT2D eigenvalue weighted by Gasteiger charge is 2.22. The minimum atomic E-state index is 0.172. The molecule has 1 aliphatic heterocycles. The molecule has 1 aliphatic rings. The third-order valence-electron chi connectivity index (χ3n) is 3.68. The molecule has 6 nitrogen and oxygen atoms in total. The maximum atomic E-state index is 5.85. The lowest BCUT2D eigenvalue weighted by molar-refractivity contribution is 0.156. The van der Waals surface area contributed by atoms with Gasteiger partial charge in [0.2, 0.25) is 0 Å². The van der Waals surface area contributed by atoms with Crippen molar-refractivity contribution in [3.05, 3.63) is 36.5 Å². The maximum absolute atomic E-state index is 5.85. The summed E-state index contributed by atoms with van der Waals surface area (Å²) in [6.07, 6.45) is 11.9. The first-order valence-corrected chi connectivity index (χ1v) is 7.33. The van der Waals surface area contributed by atoms with Crippen molar-refractivity contribution in [3.8, 4) is 6.01 Å². The SMILES string of the molecule is CCc1cnc(OC2CCN(c3cnccn3)CC2)nc1. The highest BCUT2D eigenvalue weighted by molar-refractivity contribution is 5.35. The van der Waals surface area contributed by atoms with E-state index in [4.69, 9.17) is 4.74 Å². The topological polar surface area (TPSA) is 64.0 Å². The maximum Gasteiger partial charge on any atom is 0.316 e. The first-order chi connectivity index (χ1) is 10.3. The fourth-order valence-corrected chi connectivity index (χ4v) is 2.39. The van der Waals surface area contributed by atoms with E-state index in [1.807, 2.05) is 12.4 Å². The van der Waals surface area contributed by atoms with Crippen LogP contribution in [-0.4, -0.2) is 39.1 Å². The molecule has 0 N–H and O–H groups in total. The Morgan fingerprint density at radius 1 is 1.10 bits per heavy atom. The van der Waals surface area contributed by atoms with Crippen LogP contribution in [0.5, 0.6) is 6.01 Å². The highest BCUT2D eigenvalue weighted by Crippen LogP contribution is 2.19. The molecular weight excluding hydrogens is 266 g/mol. The predicted octanol–water partition coefficient (Wildman–Crippen LogP) is 1.88. The number of nitrogens with zero attached hydrogens (tertiary/aromatic N) is 5. The zero-order valence-electron chi connectivity index (χ0n) is 12.1. The zero-order valence-corrected chi connectivity index (χ0v) is 12.1. The molecule has 21 heavy (non-hydrogen) atoms. The molecular formula is C15H19N5O. The van der Waals surface area contributed by atoms with Crippen LogP contribution in [0.15, 0.2) is 31.0 Å². The van der Waals surface area contributed by atoms with Crippen LogP contribution in [0.3, 0.4) is 0 Å². The zero-order chi connectivity index (χ0) is 14.5. The van der Waals surface area contributed by atoms with Crippen LogP contribution in [0.25, 0.3) is 0 Å². The summed E-state index contributed by atoms with van der Waals surface area (Å²) in [6.45, 7) is 3.91. The number of aryl methyl sites for hydroxylation is 1. The normalized spacial score (nSPS) is 16.0. The largest absolute Gasteiger partial charge is 0.460 e. The second-order valence-corrected chi connectivity index (χ2v) is 5.10. The van der Waals surface area contributed by atoms with Crippen molar-refractivity contribution in [3.63, 3.8) is 0 Å². The minimum Gasteiger partial charge on any atom is -0.460 e. The summed E-state index contributed by atoms with van der Waals surface area (Å²) < 4.78 is 5.85. The molecule has 0 aliphatic carbocycles. The van der Waals surface area contributed by atoms with Gasteiger partial charge in [-0.05, 0) is 12.0 Å². The predicted molar refractivity (Wildman–Crippen MR) is 79.3 cm³/mol. The molecule has 0 bridgehead atoms. The Balaban J connectivity index is 1.53. The first kappa shape index (κ1) is 13.7. The number of rotatable bonds is 4. The van der Waals surface area contributed by atoms with Gasteiger partial charge in [0.25, 0.3) is 0 Å². The van der Waals surface area contributed by atoms with E-state index in [-0.39, 0.29) is 6.10 Å². The molecule has 1 saturated heterocycles. The summed E-state index contributed by atoms with van der Waals surface area (Å²) in [5, 5.41) is 0. The summed E-state index contributed by atoms with van der Waals surface area (Å²) in [5.41, 5.74) is 1.12. The van der Waals surface area contributed by atoms with E-state index in [1.54, 1.807) is 18.6 Å². The van der Waals surface area contributed by atoms with Crippen molar-refractivity contribution in [2.75, 3.05) is 18.0 Å². The molecule has 2 aromatic rings. The average Bonchev–Trinajstić information content (AvgIpc) is 2.57. The monoisotopic (exact) mass is 285 g/mol. The lowest BCUT2D eigenvalue weighted by Crippen LogP contribution is -2.38.